The molecule has 2 aromatic heterocycles. The van der Waals surface area contributed by atoms with Gasteiger partial charge in [-0.3, -0.25) is 9.59 Å². The lowest BCUT2D eigenvalue weighted by atomic mass is 9.98. The van der Waals surface area contributed by atoms with Gasteiger partial charge in [-0.05, 0) is 18.2 Å². The molecule has 7 heteroatoms. The van der Waals surface area contributed by atoms with Crippen molar-refractivity contribution in [3.8, 4) is 6.07 Å². The van der Waals surface area contributed by atoms with Crippen LogP contribution in [0.15, 0.2) is 53.3 Å². The fraction of sp³-hybridized carbons (Fsp3) is 0.105. The number of aromatic nitrogens is 4. The summed E-state index contributed by atoms with van der Waals surface area (Å²) in [6.45, 7) is 0. The summed E-state index contributed by atoms with van der Waals surface area (Å²) in [6.07, 6.45) is 0. The molecule has 4 aromatic rings. The molecule has 26 heavy (non-hydrogen) atoms. The lowest BCUT2D eigenvalue weighted by molar-refractivity contribution is 0.0971. The molecular formula is C19H13N5O2. The highest BCUT2D eigenvalue weighted by Crippen LogP contribution is 2.25. The first-order valence-electron chi connectivity index (χ1n) is 7.94. The predicted molar refractivity (Wildman–Crippen MR) is 95.8 cm³/mol. The fourth-order valence-electron chi connectivity index (χ4n) is 3.10. The Morgan fingerprint density at radius 2 is 1.85 bits per heavy atom. The summed E-state index contributed by atoms with van der Waals surface area (Å²) in [7, 11) is 1.76. The molecular weight excluding hydrogens is 330 g/mol. The average molecular weight is 343 g/mol. The number of rotatable bonds is 3. The summed E-state index contributed by atoms with van der Waals surface area (Å²) in [4.78, 5) is 29.4. The van der Waals surface area contributed by atoms with Gasteiger partial charge >= 0.3 is 0 Å². The van der Waals surface area contributed by atoms with E-state index in [1.54, 1.807) is 35.9 Å². The molecule has 7 nitrogen and oxygen atoms in total. The van der Waals surface area contributed by atoms with Gasteiger partial charge < -0.3 is 4.57 Å². The van der Waals surface area contributed by atoms with Gasteiger partial charge in [-0.2, -0.15) is 10.4 Å². The first kappa shape index (κ1) is 15.7. The number of aromatic amines is 1. The van der Waals surface area contributed by atoms with Gasteiger partial charge in [0.2, 0.25) is 5.78 Å². The van der Waals surface area contributed by atoms with E-state index >= 15 is 0 Å². The number of nitrogens with zero attached hydrogens (tertiary/aromatic N) is 4. The first-order valence-corrected chi connectivity index (χ1v) is 7.94. The third-order valence-electron chi connectivity index (χ3n) is 4.40. The summed E-state index contributed by atoms with van der Waals surface area (Å²) < 4.78 is 1.73. The number of hydrogen-bond donors (Lipinski definition) is 1. The minimum Gasteiger partial charge on any atom is -0.330 e. The van der Waals surface area contributed by atoms with Gasteiger partial charge in [0.25, 0.3) is 5.56 Å². The average Bonchev–Trinajstić information content (AvgIpc) is 3.00. The Hall–Kier alpha value is -3.79. The number of Topliss-reactive ketones (excluding diaryl/α,β-unsaturated/α-hetero) is 1. The van der Waals surface area contributed by atoms with E-state index in [4.69, 9.17) is 0 Å². The van der Waals surface area contributed by atoms with Crippen molar-refractivity contribution < 1.29 is 4.79 Å². The van der Waals surface area contributed by atoms with Gasteiger partial charge in [-0.15, -0.1) is 0 Å². The number of carbonyl (C=O) groups is 1. The number of carbonyl (C=O) groups excluding carboxylic acids is 1. The van der Waals surface area contributed by atoms with Crippen LogP contribution < -0.4 is 5.56 Å². The van der Waals surface area contributed by atoms with Gasteiger partial charge in [-0.25, -0.2) is 10.1 Å². The molecule has 0 radical (unpaired) electrons. The highest BCUT2D eigenvalue weighted by Gasteiger charge is 2.29. The maximum absolute atomic E-state index is 13.1. The van der Waals surface area contributed by atoms with Crippen molar-refractivity contribution in [3.63, 3.8) is 0 Å². The van der Waals surface area contributed by atoms with Crippen molar-refractivity contribution in [2.45, 2.75) is 5.92 Å². The van der Waals surface area contributed by atoms with Crippen LogP contribution in [0.25, 0.3) is 21.8 Å². The minimum absolute atomic E-state index is 0.0545. The smallest absolute Gasteiger partial charge is 0.272 e. The number of aryl methyl sites for hydroxylation is 1. The molecule has 0 aliphatic carbocycles. The molecule has 0 spiro atoms. The standard InChI is InChI=1S/C19H13N5O2/c1-24-15-9-5-4-8-14(15)21-18(24)13(10-20)17(25)16-11-6-2-3-7-12(11)19(26)23-22-16/h2-9,13H,1H3,(H,23,26). The van der Waals surface area contributed by atoms with Crippen LogP contribution in [0.5, 0.6) is 0 Å². The van der Waals surface area contributed by atoms with Crippen LogP contribution in [0, 0.1) is 11.3 Å². The number of nitriles is 1. The second-order valence-corrected chi connectivity index (χ2v) is 5.89. The second kappa shape index (κ2) is 5.93. The first-order chi connectivity index (χ1) is 12.6. The van der Waals surface area contributed by atoms with Gasteiger partial charge in [0, 0.05) is 12.4 Å². The normalized spacial score (nSPS) is 12.2. The molecule has 1 atom stereocenters. The topological polar surface area (TPSA) is 104 Å². The molecule has 1 N–H and O–H groups in total. The molecule has 1 unspecified atom stereocenters. The fourth-order valence-corrected chi connectivity index (χ4v) is 3.10. The Morgan fingerprint density at radius 3 is 2.58 bits per heavy atom. The third kappa shape index (κ3) is 2.28. The van der Waals surface area contributed by atoms with Gasteiger partial charge in [0.05, 0.1) is 22.5 Å². The molecule has 2 aromatic carbocycles. The monoisotopic (exact) mass is 343 g/mol. The summed E-state index contributed by atoms with van der Waals surface area (Å²) in [5.74, 6) is -1.29. The van der Waals surface area contributed by atoms with E-state index in [9.17, 15) is 14.9 Å². The molecule has 2 heterocycles. The Labute approximate surface area is 147 Å². The van der Waals surface area contributed by atoms with Crippen molar-refractivity contribution >= 4 is 27.6 Å². The number of benzene rings is 2. The molecule has 0 aliphatic heterocycles. The van der Waals surface area contributed by atoms with Crippen molar-refractivity contribution in [1.29, 1.82) is 5.26 Å². The Balaban J connectivity index is 1.89. The van der Waals surface area contributed by atoms with Crippen LogP contribution in [-0.4, -0.2) is 25.5 Å². The van der Waals surface area contributed by atoms with Crippen LogP contribution >= 0.6 is 0 Å². The van der Waals surface area contributed by atoms with Gasteiger partial charge in [-0.1, -0.05) is 30.3 Å². The largest absolute Gasteiger partial charge is 0.330 e. The van der Waals surface area contributed by atoms with E-state index in [0.29, 0.717) is 22.1 Å². The number of ketones is 1. The SMILES string of the molecule is Cn1c(C(C#N)C(=O)c2n[nH]c(=O)c3ccccc23)nc2ccccc21. The molecule has 0 amide bonds. The summed E-state index contributed by atoms with van der Waals surface area (Å²) in [5, 5.41) is 16.7. The molecule has 0 fully saturated rings. The van der Waals surface area contributed by atoms with E-state index in [-0.39, 0.29) is 11.3 Å². The summed E-state index contributed by atoms with van der Waals surface area (Å²) >= 11 is 0. The maximum Gasteiger partial charge on any atom is 0.272 e. The highest BCUT2D eigenvalue weighted by molar-refractivity contribution is 6.10. The second-order valence-electron chi connectivity index (χ2n) is 5.89. The van der Waals surface area contributed by atoms with Crippen LogP contribution in [-0.2, 0) is 7.05 Å². The zero-order chi connectivity index (χ0) is 18.3. The number of H-pyrrole nitrogens is 1. The Bertz CT molecular complexity index is 1260. The molecule has 0 saturated carbocycles. The van der Waals surface area contributed by atoms with Crippen molar-refractivity contribution in [1.82, 2.24) is 19.7 Å². The molecule has 0 saturated heterocycles. The van der Waals surface area contributed by atoms with Crippen LogP contribution in [0.3, 0.4) is 0 Å². The third-order valence-corrected chi connectivity index (χ3v) is 4.40. The predicted octanol–water partition coefficient (Wildman–Crippen LogP) is 2.30. The molecule has 126 valence electrons. The Morgan fingerprint density at radius 1 is 1.15 bits per heavy atom. The number of hydrogen-bond acceptors (Lipinski definition) is 5. The van der Waals surface area contributed by atoms with E-state index in [1.807, 2.05) is 30.3 Å². The molecule has 0 bridgehead atoms. The molecule has 4 rings (SSSR count). The number of imidazole rings is 1. The van der Waals surface area contributed by atoms with Crippen molar-refractivity contribution in [2.24, 2.45) is 7.05 Å². The van der Waals surface area contributed by atoms with Gasteiger partial charge in [0.1, 0.15) is 11.5 Å². The number of nitrogens with one attached hydrogen (secondary N) is 1. The van der Waals surface area contributed by atoms with E-state index in [0.717, 1.165) is 5.52 Å². The minimum atomic E-state index is -1.13. The van der Waals surface area contributed by atoms with Gasteiger partial charge in [0.15, 0.2) is 5.92 Å². The van der Waals surface area contributed by atoms with Crippen LogP contribution in [0.1, 0.15) is 22.2 Å². The lowest BCUT2D eigenvalue weighted by Gasteiger charge is -2.09. The van der Waals surface area contributed by atoms with E-state index < -0.39 is 11.7 Å². The Kier molecular flexibility index (Phi) is 3.59. The molecule has 0 aliphatic rings. The van der Waals surface area contributed by atoms with E-state index in [2.05, 4.69) is 15.2 Å². The zero-order valence-corrected chi connectivity index (χ0v) is 13.8. The zero-order valence-electron chi connectivity index (χ0n) is 13.8. The van der Waals surface area contributed by atoms with Crippen molar-refractivity contribution in [2.75, 3.05) is 0 Å². The maximum atomic E-state index is 13.1. The lowest BCUT2D eigenvalue weighted by Crippen LogP contribution is -2.20. The highest BCUT2D eigenvalue weighted by atomic mass is 16.1. The van der Waals surface area contributed by atoms with Crippen molar-refractivity contribution in [3.05, 3.63) is 70.4 Å². The number of fused-ring (bicyclic) bond motifs is 2. The van der Waals surface area contributed by atoms with Crippen LogP contribution in [0.4, 0.5) is 0 Å². The van der Waals surface area contributed by atoms with Crippen LogP contribution in [0.2, 0.25) is 0 Å². The van der Waals surface area contributed by atoms with E-state index in [1.165, 1.54) is 0 Å². The quantitative estimate of drug-likeness (QED) is 0.575. The number of para-hydroxylation sites is 2. The summed E-state index contributed by atoms with van der Waals surface area (Å²) in [6, 6.07) is 16.1. The summed E-state index contributed by atoms with van der Waals surface area (Å²) in [5.41, 5.74) is 1.21.